The number of carbonyl (C=O) groups excluding carboxylic acids is 1. The lowest BCUT2D eigenvalue weighted by atomic mass is 10.1. The predicted molar refractivity (Wildman–Crippen MR) is 144 cm³/mol. The molecule has 1 aliphatic heterocycles. The van der Waals surface area contributed by atoms with Crippen LogP contribution in [-0.2, 0) is 17.4 Å². The molecule has 0 bridgehead atoms. The molecular formula is C29H28F3N5O2. The van der Waals surface area contributed by atoms with Crippen molar-refractivity contribution in [1.29, 1.82) is 0 Å². The van der Waals surface area contributed by atoms with Gasteiger partial charge in [0.2, 0.25) is 5.91 Å². The summed E-state index contributed by atoms with van der Waals surface area (Å²) in [6.45, 7) is 1.81. The molecule has 0 saturated carbocycles. The number of ether oxygens (including phenoxy) is 1. The number of amides is 1. The molecule has 0 atom stereocenters. The number of benzene rings is 2. The van der Waals surface area contributed by atoms with Gasteiger partial charge in [-0.1, -0.05) is 24.0 Å². The van der Waals surface area contributed by atoms with Gasteiger partial charge in [-0.25, -0.2) is 0 Å². The monoisotopic (exact) mass is 535 g/mol. The number of anilines is 1. The van der Waals surface area contributed by atoms with E-state index in [-0.39, 0.29) is 17.7 Å². The molecule has 10 heteroatoms. The Balaban J connectivity index is 1.37. The predicted octanol–water partition coefficient (Wildman–Crippen LogP) is 4.73. The minimum Gasteiger partial charge on any atom is -0.457 e. The minimum atomic E-state index is -4.60. The molecular weight excluding hydrogens is 507 g/mol. The molecule has 0 radical (unpaired) electrons. The molecule has 39 heavy (non-hydrogen) atoms. The maximum absolute atomic E-state index is 13.6. The number of hydrogen-bond donors (Lipinski definition) is 2. The van der Waals surface area contributed by atoms with Crippen LogP contribution in [0, 0.1) is 11.8 Å². The third-order valence-corrected chi connectivity index (χ3v) is 5.65. The van der Waals surface area contributed by atoms with Gasteiger partial charge in [0.15, 0.2) is 0 Å². The van der Waals surface area contributed by atoms with E-state index in [1.165, 1.54) is 12.1 Å². The van der Waals surface area contributed by atoms with Crippen molar-refractivity contribution in [2.24, 2.45) is 4.99 Å². The van der Waals surface area contributed by atoms with E-state index in [4.69, 9.17) is 4.74 Å². The normalized spacial score (nSPS) is 12.8. The lowest BCUT2D eigenvalue weighted by molar-refractivity contribution is -0.137. The molecule has 0 saturated heterocycles. The van der Waals surface area contributed by atoms with Gasteiger partial charge in [-0.2, -0.15) is 13.2 Å². The number of nitrogens with one attached hydrogen (secondary N) is 2. The first-order valence-electron chi connectivity index (χ1n) is 12.3. The first-order valence-corrected chi connectivity index (χ1v) is 12.3. The summed E-state index contributed by atoms with van der Waals surface area (Å²) in [5, 5.41) is 5.74. The largest absolute Gasteiger partial charge is 0.457 e. The van der Waals surface area contributed by atoms with Crippen molar-refractivity contribution in [1.82, 2.24) is 15.2 Å². The fraction of sp³-hybridized carbons (Fsp3) is 0.276. The summed E-state index contributed by atoms with van der Waals surface area (Å²) in [4.78, 5) is 23.0. The number of carbonyl (C=O) groups is 1. The van der Waals surface area contributed by atoms with E-state index < -0.39 is 17.6 Å². The summed E-state index contributed by atoms with van der Waals surface area (Å²) in [5.74, 6) is 6.81. The zero-order valence-electron chi connectivity index (χ0n) is 21.6. The third-order valence-electron chi connectivity index (χ3n) is 5.65. The number of aryl methyl sites for hydroxylation is 1. The molecule has 2 aromatic carbocycles. The van der Waals surface area contributed by atoms with E-state index in [9.17, 15) is 18.0 Å². The fourth-order valence-electron chi connectivity index (χ4n) is 3.81. The highest BCUT2D eigenvalue weighted by molar-refractivity contribution is 5.98. The molecule has 4 rings (SSSR count). The maximum atomic E-state index is 13.6. The first kappa shape index (κ1) is 27.7. The van der Waals surface area contributed by atoms with Crippen LogP contribution in [0.25, 0.3) is 0 Å². The number of nitrogens with zero attached hydrogens (tertiary/aromatic N) is 3. The van der Waals surface area contributed by atoms with Crippen molar-refractivity contribution in [3.05, 3.63) is 83.2 Å². The van der Waals surface area contributed by atoms with E-state index in [2.05, 4.69) is 32.5 Å². The van der Waals surface area contributed by atoms with Crippen LogP contribution in [0.15, 0.2) is 65.8 Å². The van der Waals surface area contributed by atoms with Gasteiger partial charge in [0, 0.05) is 36.5 Å². The summed E-state index contributed by atoms with van der Waals surface area (Å²) < 4.78 is 46.8. The maximum Gasteiger partial charge on any atom is 0.417 e. The number of halogens is 3. The Morgan fingerprint density at radius 3 is 2.69 bits per heavy atom. The second kappa shape index (κ2) is 12.5. The van der Waals surface area contributed by atoms with Gasteiger partial charge in [0.1, 0.15) is 23.0 Å². The lowest BCUT2D eigenvalue weighted by Gasteiger charge is -2.13. The number of pyridine rings is 1. The van der Waals surface area contributed by atoms with Gasteiger partial charge in [0.25, 0.3) is 0 Å². The smallest absolute Gasteiger partial charge is 0.417 e. The molecule has 2 heterocycles. The molecule has 3 aromatic rings. The number of aliphatic imine (C=N–C) groups is 1. The Bertz CT molecular complexity index is 1420. The molecule has 7 nitrogen and oxygen atoms in total. The Kier molecular flexibility index (Phi) is 8.84. The van der Waals surface area contributed by atoms with E-state index >= 15 is 0 Å². The molecule has 0 spiro atoms. The van der Waals surface area contributed by atoms with Crippen LogP contribution in [-0.4, -0.2) is 55.4 Å². The van der Waals surface area contributed by atoms with Crippen molar-refractivity contribution in [3.8, 4) is 23.3 Å². The van der Waals surface area contributed by atoms with E-state index in [0.29, 0.717) is 36.7 Å². The molecule has 1 amide bonds. The van der Waals surface area contributed by atoms with Gasteiger partial charge < -0.3 is 15.4 Å². The lowest BCUT2D eigenvalue weighted by Crippen LogP contribution is -2.20. The summed E-state index contributed by atoms with van der Waals surface area (Å²) >= 11 is 0. The highest BCUT2D eigenvalue weighted by atomic mass is 19.4. The molecule has 0 fully saturated rings. The second-order valence-electron chi connectivity index (χ2n) is 9.13. The van der Waals surface area contributed by atoms with Gasteiger partial charge in [-0.05, 0) is 62.5 Å². The molecule has 202 valence electrons. The summed E-state index contributed by atoms with van der Waals surface area (Å²) in [7, 11) is 3.56. The van der Waals surface area contributed by atoms with Crippen LogP contribution in [0.3, 0.4) is 0 Å². The van der Waals surface area contributed by atoms with Crippen molar-refractivity contribution in [2.45, 2.75) is 19.0 Å². The molecule has 2 N–H and O–H groups in total. The summed E-state index contributed by atoms with van der Waals surface area (Å²) in [5.41, 5.74) is 0.596. The second-order valence-corrected chi connectivity index (χ2v) is 9.13. The molecule has 0 aliphatic carbocycles. The van der Waals surface area contributed by atoms with Crippen LogP contribution >= 0.6 is 0 Å². The third kappa shape index (κ3) is 8.06. The van der Waals surface area contributed by atoms with Crippen LogP contribution in [0.1, 0.15) is 28.8 Å². The Labute approximate surface area is 225 Å². The average Bonchev–Trinajstić information content (AvgIpc) is 3.43. The standard InChI is InChI=1S/C29H28F3N5O2/c1-37(2)16-4-6-21-9-10-22(18-25(21)29(30,31)32)36-27(38)11-8-20-5-3-7-23(17-20)39-24-12-13-33-26(19-24)28-34-14-15-35-28/h3,5,7,9-10,12-13,17-19H,8,11,14-16H2,1-2H3,(H,34,35)(H,36,38). The van der Waals surface area contributed by atoms with Crippen LogP contribution in [0.2, 0.25) is 0 Å². The van der Waals surface area contributed by atoms with Crippen LogP contribution in [0.5, 0.6) is 11.5 Å². The van der Waals surface area contributed by atoms with Gasteiger partial charge in [0.05, 0.1) is 18.7 Å². The number of aromatic nitrogens is 1. The number of hydrogen-bond acceptors (Lipinski definition) is 6. The van der Waals surface area contributed by atoms with Crippen molar-refractivity contribution in [2.75, 3.05) is 39.0 Å². The number of amidine groups is 1. The summed E-state index contributed by atoms with van der Waals surface area (Å²) in [6, 6.07) is 14.5. The topological polar surface area (TPSA) is 78.9 Å². The highest BCUT2D eigenvalue weighted by Gasteiger charge is 2.33. The van der Waals surface area contributed by atoms with Crippen molar-refractivity contribution >= 4 is 17.4 Å². The highest BCUT2D eigenvalue weighted by Crippen LogP contribution is 2.33. The quantitative estimate of drug-likeness (QED) is 0.408. The van der Waals surface area contributed by atoms with E-state index in [0.717, 1.165) is 24.0 Å². The van der Waals surface area contributed by atoms with E-state index in [1.54, 1.807) is 43.4 Å². The van der Waals surface area contributed by atoms with Crippen LogP contribution < -0.4 is 15.4 Å². The van der Waals surface area contributed by atoms with Gasteiger partial charge in [-0.15, -0.1) is 0 Å². The SMILES string of the molecule is CN(C)CC#Cc1ccc(NC(=O)CCc2cccc(Oc3ccnc(C4=NCCN4)c3)c2)cc1C(F)(F)F. The van der Waals surface area contributed by atoms with Crippen molar-refractivity contribution in [3.63, 3.8) is 0 Å². The Morgan fingerprint density at radius 1 is 1.13 bits per heavy atom. The van der Waals surface area contributed by atoms with E-state index in [1.807, 2.05) is 18.2 Å². The average molecular weight is 536 g/mol. The molecule has 0 unspecified atom stereocenters. The first-order chi connectivity index (χ1) is 18.7. The Hall–Kier alpha value is -4.36. The summed E-state index contributed by atoms with van der Waals surface area (Å²) in [6.07, 6.45) is -2.49. The zero-order chi connectivity index (χ0) is 27.8. The van der Waals surface area contributed by atoms with Gasteiger partial charge in [-0.3, -0.25) is 19.7 Å². The minimum absolute atomic E-state index is 0.0671. The van der Waals surface area contributed by atoms with Gasteiger partial charge >= 0.3 is 6.18 Å². The Morgan fingerprint density at radius 2 is 1.95 bits per heavy atom. The van der Waals surface area contributed by atoms with Crippen molar-refractivity contribution < 1.29 is 22.7 Å². The fourth-order valence-corrected chi connectivity index (χ4v) is 3.81. The number of alkyl halides is 3. The molecule has 1 aromatic heterocycles. The zero-order valence-corrected chi connectivity index (χ0v) is 21.6. The number of rotatable bonds is 8. The van der Waals surface area contributed by atoms with Crippen LogP contribution in [0.4, 0.5) is 18.9 Å². The molecule has 1 aliphatic rings.